The summed E-state index contributed by atoms with van der Waals surface area (Å²) in [6.07, 6.45) is 4.88. The lowest BCUT2D eigenvalue weighted by Gasteiger charge is -2.24. The highest BCUT2D eigenvalue weighted by Gasteiger charge is 2.25. The molecule has 0 radical (unpaired) electrons. The number of carbonyl (C=O) groups is 1. The number of hydrogen-bond acceptors (Lipinski definition) is 4. The van der Waals surface area contributed by atoms with E-state index in [1.165, 1.54) is 17.3 Å². The zero-order valence-corrected chi connectivity index (χ0v) is 13.3. The fourth-order valence-corrected chi connectivity index (χ4v) is 3.13. The third kappa shape index (κ3) is 2.50. The number of rotatable bonds is 4. The number of esters is 1. The smallest absolute Gasteiger partial charge is 0.326 e. The fourth-order valence-electron chi connectivity index (χ4n) is 2.56. The van der Waals surface area contributed by atoms with E-state index in [0.29, 0.717) is 18.0 Å². The normalized spacial score (nSPS) is 15.1. The van der Waals surface area contributed by atoms with E-state index in [4.69, 9.17) is 4.74 Å². The van der Waals surface area contributed by atoms with Crippen LogP contribution in [-0.2, 0) is 16.1 Å². The molecule has 7 heteroatoms. The third-order valence-electron chi connectivity index (χ3n) is 3.86. The first-order valence-corrected chi connectivity index (χ1v) is 7.83. The lowest BCUT2D eigenvalue weighted by molar-refractivity contribution is -0.143. The standard InChI is InChI=1S/C14H16BrN3O3/c1-2-21-12(19)7-17-8-16-18-11(9-4-3-5-9)6-10(15)13(18)14(17)20/h6,8-9H,2-5,7H2,1H3. The van der Waals surface area contributed by atoms with Crippen molar-refractivity contribution in [3.63, 3.8) is 0 Å². The molecule has 2 heterocycles. The number of halogens is 1. The van der Waals surface area contributed by atoms with E-state index in [9.17, 15) is 9.59 Å². The first kappa shape index (κ1) is 14.3. The van der Waals surface area contributed by atoms with Gasteiger partial charge in [-0.05, 0) is 41.8 Å². The minimum atomic E-state index is -0.437. The Morgan fingerprint density at radius 2 is 2.29 bits per heavy atom. The van der Waals surface area contributed by atoms with Gasteiger partial charge in [0.15, 0.2) is 0 Å². The molecular weight excluding hydrogens is 338 g/mol. The second-order valence-electron chi connectivity index (χ2n) is 5.17. The van der Waals surface area contributed by atoms with Crippen molar-refractivity contribution in [2.24, 2.45) is 0 Å². The van der Waals surface area contributed by atoms with E-state index in [1.807, 2.05) is 6.07 Å². The topological polar surface area (TPSA) is 65.6 Å². The molecule has 0 aromatic carbocycles. The summed E-state index contributed by atoms with van der Waals surface area (Å²) in [5.74, 6) is 0.0317. The fraction of sp³-hybridized carbons (Fsp3) is 0.500. The van der Waals surface area contributed by atoms with Crippen LogP contribution in [0.3, 0.4) is 0 Å². The Morgan fingerprint density at radius 3 is 2.90 bits per heavy atom. The van der Waals surface area contributed by atoms with Crippen molar-refractivity contribution in [1.29, 1.82) is 0 Å². The lowest BCUT2D eigenvalue weighted by Crippen LogP contribution is -2.28. The van der Waals surface area contributed by atoms with Gasteiger partial charge in [-0.1, -0.05) is 6.42 Å². The Labute approximate surface area is 129 Å². The second kappa shape index (κ2) is 5.63. The molecule has 1 saturated carbocycles. The van der Waals surface area contributed by atoms with Gasteiger partial charge in [-0.3, -0.25) is 14.2 Å². The molecule has 2 aromatic rings. The largest absolute Gasteiger partial charge is 0.465 e. The second-order valence-corrected chi connectivity index (χ2v) is 6.03. The van der Waals surface area contributed by atoms with Crippen molar-refractivity contribution in [1.82, 2.24) is 14.2 Å². The molecule has 6 nitrogen and oxygen atoms in total. The van der Waals surface area contributed by atoms with Crippen LogP contribution in [0.5, 0.6) is 0 Å². The van der Waals surface area contributed by atoms with Crippen LogP contribution < -0.4 is 5.56 Å². The molecule has 112 valence electrons. The highest BCUT2D eigenvalue weighted by molar-refractivity contribution is 9.10. The average molecular weight is 354 g/mol. The van der Waals surface area contributed by atoms with E-state index >= 15 is 0 Å². The maximum Gasteiger partial charge on any atom is 0.326 e. The first-order valence-electron chi connectivity index (χ1n) is 7.04. The Bertz CT molecular complexity index is 746. The quantitative estimate of drug-likeness (QED) is 0.789. The highest BCUT2D eigenvalue weighted by atomic mass is 79.9. The molecule has 1 fully saturated rings. The van der Waals surface area contributed by atoms with Crippen LogP contribution in [0.2, 0.25) is 0 Å². The van der Waals surface area contributed by atoms with Crippen LogP contribution >= 0.6 is 15.9 Å². The molecule has 0 N–H and O–H groups in total. The lowest BCUT2D eigenvalue weighted by atomic mass is 9.83. The van der Waals surface area contributed by atoms with Gasteiger partial charge in [0.1, 0.15) is 18.4 Å². The van der Waals surface area contributed by atoms with Gasteiger partial charge in [0.25, 0.3) is 5.56 Å². The van der Waals surface area contributed by atoms with Gasteiger partial charge in [-0.25, -0.2) is 4.52 Å². The van der Waals surface area contributed by atoms with Crippen molar-refractivity contribution in [3.8, 4) is 0 Å². The van der Waals surface area contributed by atoms with E-state index in [2.05, 4.69) is 21.0 Å². The van der Waals surface area contributed by atoms with Gasteiger partial charge in [-0.2, -0.15) is 5.10 Å². The minimum absolute atomic E-state index is 0.118. The van der Waals surface area contributed by atoms with Crippen molar-refractivity contribution >= 4 is 27.4 Å². The number of hydrogen-bond donors (Lipinski definition) is 0. The zero-order chi connectivity index (χ0) is 15.0. The van der Waals surface area contributed by atoms with Crippen molar-refractivity contribution < 1.29 is 9.53 Å². The summed E-state index contributed by atoms with van der Waals surface area (Å²) in [5, 5.41) is 4.32. The molecule has 2 aromatic heterocycles. The molecule has 3 rings (SSSR count). The number of ether oxygens (including phenoxy) is 1. The van der Waals surface area contributed by atoms with Crippen molar-refractivity contribution in [2.45, 2.75) is 38.6 Å². The van der Waals surface area contributed by atoms with Crippen LogP contribution in [0.25, 0.3) is 5.52 Å². The van der Waals surface area contributed by atoms with Gasteiger partial charge in [0.05, 0.1) is 11.1 Å². The monoisotopic (exact) mass is 353 g/mol. The molecule has 0 bridgehead atoms. The summed E-state index contributed by atoms with van der Waals surface area (Å²) in [5.41, 5.74) is 1.29. The van der Waals surface area contributed by atoms with Gasteiger partial charge in [0, 0.05) is 11.6 Å². The van der Waals surface area contributed by atoms with E-state index in [1.54, 1.807) is 11.4 Å². The molecule has 0 saturated heterocycles. The summed E-state index contributed by atoms with van der Waals surface area (Å²) in [4.78, 5) is 24.0. The molecule has 21 heavy (non-hydrogen) atoms. The summed E-state index contributed by atoms with van der Waals surface area (Å²) in [6, 6.07) is 1.96. The molecule has 0 spiro atoms. The van der Waals surface area contributed by atoms with Crippen LogP contribution in [-0.4, -0.2) is 26.8 Å². The Hall–Kier alpha value is -1.63. The van der Waals surface area contributed by atoms with Gasteiger partial charge in [-0.15, -0.1) is 0 Å². The first-order chi connectivity index (χ1) is 10.1. The van der Waals surface area contributed by atoms with E-state index < -0.39 is 5.97 Å². The van der Waals surface area contributed by atoms with Crippen LogP contribution in [0.1, 0.15) is 37.8 Å². The summed E-state index contributed by atoms with van der Waals surface area (Å²) in [7, 11) is 0. The summed E-state index contributed by atoms with van der Waals surface area (Å²) in [6.45, 7) is 1.91. The van der Waals surface area contributed by atoms with Crippen LogP contribution in [0.4, 0.5) is 0 Å². The predicted octanol–water partition coefficient (Wildman–Crippen LogP) is 2.09. The van der Waals surface area contributed by atoms with Gasteiger partial charge in [0.2, 0.25) is 0 Å². The van der Waals surface area contributed by atoms with Crippen molar-refractivity contribution in [2.75, 3.05) is 6.61 Å². The number of carbonyl (C=O) groups excluding carboxylic acids is 1. The van der Waals surface area contributed by atoms with E-state index in [-0.39, 0.29) is 12.1 Å². The number of fused-ring (bicyclic) bond motifs is 1. The predicted molar refractivity (Wildman–Crippen MR) is 80.4 cm³/mol. The zero-order valence-electron chi connectivity index (χ0n) is 11.7. The maximum atomic E-state index is 12.5. The molecule has 0 amide bonds. The summed E-state index contributed by atoms with van der Waals surface area (Å²) < 4.78 is 8.56. The molecule has 0 atom stereocenters. The maximum absolute atomic E-state index is 12.5. The molecule has 1 aliphatic rings. The SMILES string of the molecule is CCOC(=O)Cn1cnn2c(C3CCC3)cc(Br)c2c1=O. The van der Waals surface area contributed by atoms with Crippen LogP contribution in [0, 0.1) is 0 Å². The Morgan fingerprint density at radius 1 is 1.52 bits per heavy atom. The highest BCUT2D eigenvalue weighted by Crippen LogP contribution is 2.38. The van der Waals surface area contributed by atoms with Gasteiger partial charge < -0.3 is 4.74 Å². The number of aromatic nitrogens is 3. The average Bonchev–Trinajstić information content (AvgIpc) is 2.69. The third-order valence-corrected chi connectivity index (χ3v) is 4.46. The molecule has 1 aliphatic carbocycles. The minimum Gasteiger partial charge on any atom is -0.465 e. The van der Waals surface area contributed by atoms with Gasteiger partial charge >= 0.3 is 5.97 Å². The Balaban J connectivity index is 2.02. The molecule has 0 unspecified atom stereocenters. The van der Waals surface area contributed by atoms with E-state index in [0.717, 1.165) is 23.0 Å². The molecular formula is C14H16BrN3O3. The summed E-state index contributed by atoms with van der Waals surface area (Å²) >= 11 is 3.43. The van der Waals surface area contributed by atoms with Crippen molar-refractivity contribution in [3.05, 3.63) is 32.9 Å². The van der Waals surface area contributed by atoms with Crippen LogP contribution in [0.15, 0.2) is 21.7 Å². The number of nitrogens with zero attached hydrogens (tertiary/aromatic N) is 3. The Kier molecular flexibility index (Phi) is 3.84. The molecule has 0 aliphatic heterocycles.